The molecule has 0 aliphatic heterocycles. The standard InChI is InChI=1S/C26H30N2O5/c1-15(2)23(24(29)27-17-12-11-16(13-17)25(30)31)28-26(32)33-14-22-20-9-5-3-7-18(20)19-8-4-6-10-21(19)22/h3-10,15-17,22-23H,11-14H2,1-2H3,(H,27,29)(H,28,32)(H,30,31)/t16?,17?,23-/m0/s1. The molecule has 174 valence electrons. The average molecular weight is 451 g/mol. The lowest BCUT2D eigenvalue weighted by Gasteiger charge is -2.24. The lowest BCUT2D eigenvalue weighted by molar-refractivity contribution is -0.141. The minimum Gasteiger partial charge on any atom is -0.481 e. The molecule has 3 atom stereocenters. The van der Waals surface area contributed by atoms with E-state index in [2.05, 4.69) is 34.9 Å². The summed E-state index contributed by atoms with van der Waals surface area (Å²) >= 11 is 0. The maximum atomic E-state index is 12.8. The Morgan fingerprint density at radius 3 is 2.15 bits per heavy atom. The number of carbonyl (C=O) groups is 3. The van der Waals surface area contributed by atoms with Crippen LogP contribution in [0.25, 0.3) is 11.1 Å². The highest BCUT2D eigenvalue weighted by atomic mass is 16.5. The molecule has 3 N–H and O–H groups in total. The minimum atomic E-state index is -0.830. The second-order valence-corrected chi connectivity index (χ2v) is 9.25. The molecule has 33 heavy (non-hydrogen) atoms. The lowest BCUT2D eigenvalue weighted by Crippen LogP contribution is -2.52. The fourth-order valence-electron chi connectivity index (χ4n) is 4.93. The number of benzene rings is 2. The van der Waals surface area contributed by atoms with Crippen molar-refractivity contribution in [1.82, 2.24) is 10.6 Å². The molecular weight excluding hydrogens is 420 g/mol. The van der Waals surface area contributed by atoms with E-state index >= 15 is 0 Å². The number of carboxylic acids is 1. The van der Waals surface area contributed by atoms with Gasteiger partial charge in [-0.25, -0.2) is 4.79 Å². The van der Waals surface area contributed by atoms with E-state index in [1.54, 1.807) is 0 Å². The molecule has 2 aromatic rings. The van der Waals surface area contributed by atoms with E-state index in [0.29, 0.717) is 19.3 Å². The molecule has 0 heterocycles. The van der Waals surface area contributed by atoms with Crippen molar-refractivity contribution in [2.75, 3.05) is 6.61 Å². The van der Waals surface area contributed by atoms with Crippen LogP contribution in [0, 0.1) is 11.8 Å². The molecule has 0 radical (unpaired) electrons. The first-order valence-electron chi connectivity index (χ1n) is 11.5. The van der Waals surface area contributed by atoms with Crippen LogP contribution in [0.1, 0.15) is 50.2 Å². The van der Waals surface area contributed by atoms with Gasteiger partial charge < -0.3 is 20.5 Å². The van der Waals surface area contributed by atoms with E-state index in [-0.39, 0.29) is 30.4 Å². The Labute approximate surface area is 193 Å². The fraction of sp³-hybridized carbons (Fsp3) is 0.423. The Bertz CT molecular complexity index is 1000. The zero-order chi connectivity index (χ0) is 23.5. The van der Waals surface area contributed by atoms with Crippen molar-refractivity contribution in [1.29, 1.82) is 0 Å². The molecule has 0 bridgehead atoms. The number of aliphatic carboxylic acids is 1. The van der Waals surface area contributed by atoms with Gasteiger partial charge in [-0.05, 0) is 47.4 Å². The van der Waals surface area contributed by atoms with Crippen LogP contribution in [-0.4, -0.2) is 41.8 Å². The second-order valence-electron chi connectivity index (χ2n) is 9.25. The first kappa shape index (κ1) is 22.8. The lowest BCUT2D eigenvalue weighted by atomic mass is 9.98. The van der Waals surface area contributed by atoms with E-state index in [9.17, 15) is 14.4 Å². The molecule has 1 saturated carbocycles. The van der Waals surface area contributed by atoms with Crippen LogP contribution in [0.3, 0.4) is 0 Å². The van der Waals surface area contributed by atoms with E-state index in [1.165, 1.54) is 0 Å². The van der Waals surface area contributed by atoms with Crippen LogP contribution in [0.5, 0.6) is 0 Å². The van der Waals surface area contributed by atoms with Crippen molar-refractivity contribution in [3.8, 4) is 11.1 Å². The third kappa shape index (κ3) is 4.87. The number of carbonyl (C=O) groups excluding carboxylic acids is 2. The summed E-state index contributed by atoms with van der Waals surface area (Å²) < 4.78 is 5.58. The van der Waals surface area contributed by atoms with Gasteiger partial charge in [0.2, 0.25) is 5.91 Å². The molecule has 7 nitrogen and oxygen atoms in total. The highest BCUT2D eigenvalue weighted by molar-refractivity contribution is 5.86. The molecule has 2 amide bonds. The summed E-state index contributed by atoms with van der Waals surface area (Å²) in [5, 5.41) is 14.8. The van der Waals surface area contributed by atoms with E-state index < -0.39 is 24.0 Å². The number of fused-ring (bicyclic) bond motifs is 3. The highest BCUT2D eigenvalue weighted by Gasteiger charge is 2.34. The number of nitrogens with one attached hydrogen (secondary N) is 2. The number of ether oxygens (including phenoxy) is 1. The van der Waals surface area contributed by atoms with Gasteiger partial charge in [-0.1, -0.05) is 62.4 Å². The minimum absolute atomic E-state index is 0.0547. The highest BCUT2D eigenvalue weighted by Crippen LogP contribution is 2.44. The largest absolute Gasteiger partial charge is 0.481 e. The Morgan fingerprint density at radius 1 is 1.00 bits per heavy atom. The maximum Gasteiger partial charge on any atom is 0.407 e. The predicted molar refractivity (Wildman–Crippen MR) is 124 cm³/mol. The van der Waals surface area contributed by atoms with Crippen LogP contribution in [0.2, 0.25) is 0 Å². The van der Waals surface area contributed by atoms with Crippen LogP contribution >= 0.6 is 0 Å². The van der Waals surface area contributed by atoms with Gasteiger partial charge >= 0.3 is 12.1 Å². The molecule has 2 unspecified atom stereocenters. The van der Waals surface area contributed by atoms with Gasteiger partial charge in [-0.15, -0.1) is 0 Å². The normalized spacial score (nSPS) is 20.1. The van der Waals surface area contributed by atoms with Crippen molar-refractivity contribution in [3.63, 3.8) is 0 Å². The van der Waals surface area contributed by atoms with Crippen LogP contribution < -0.4 is 10.6 Å². The van der Waals surface area contributed by atoms with Crippen LogP contribution in [0.4, 0.5) is 4.79 Å². The summed E-state index contributed by atoms with van der Waals surface area (Å²) in [5.41, 5.74) is 4.55. The number of amides is 2. The predicted octanol–water partition coefficient (Wildman–Crippen LogP) is 3.92. The first-order valence-corrected chi connectivity index (χ1v) is 11.5. The van der Waals surface area contributed by atoms with Gasteiger partial charge in [0.15, 0.2) is 0 Å². The zero-order valence-corrected chi connectivity index (χ0v) is 18.9. The molecule has 7 heteroatoms. The fourth-order valence-corrected chi connectivity index (χ4v) is 4.93. The number of carboxylic acid groups (broad SMARTS) is 1. The molecular formula is C26H30N2O5. The van der Waals surface area contributed by atoms with Gasteiger partial charge in [-0.3, -0.25) is 9.59 Å². The van der Waals surface area contributed by atoms with Gasteiger partial charge in [0.05, 0.1) is 5.92 Å². The summed E-state index contributed by atoms with van der Waals surface area (Å²) in [6.45, 7) is 3.88. The van der Waals surface area contributed by atoms with E-state index in [4.69, 9.17) is 9.84 Å². The summed E-state index contributed by atoms with van der Waals surface area (Å²) in [6.07, 6.45) is 0.947. The third-order valence-electron chi connectivity index (χ3n) is 6.69. The van der Waals surface area contributed by atoms with Gasteiger partial charge in [0.1, 0.15) is 12.6 Å². The van der Waals surface area contributed by atoms with Crippen molar-refractivity contribution >= 4 is 18.0 Å². The molecule has 0 saturated heterocycles. The summed E-state index contributed by atoms with van der Waals surface area (Å²) in [6, 6.07) is 15.3. The Kier molecular flexibility index (Phi) is 6.67. The summed E-state index contributed by atoms with van der Waals surface area (Å²) in [5.74, 6) is -1.77. The zero-order valence-electron chi connectivity index (χ0n) is 18.9. The molecule has 2 aliphatic carbocycles. The SMILES string of the molecule is CC(C)[C@H](NC(=O)OCC1c2ccccc2-c2ccccc21)C(=O)NC1CCC(C(=O)O)C1. The molecule has 2 aliphatic rings. The van der Waals surface area contributed by atoms with E-state index in [0.717, 1.165) is 22.3 Å². The van der Waals surface area contributed by atoms with Crippen molar-refractivity contribution in [2.24, 2.45) is 11.8 Å². The topological polar surface area (TPSA) is 105 Å². The monoisotopic (exact) mass is 450 g/mol. The number of hydrogen-bond acceptors (Lipinski definition) is 4. The van der Waals surface area contributed by atoms with E-state index in [1.807, 2.05) is 38.1 Å². The Hall–Kier alpha value is -3.35. The van der Waals surface area contributed by atoms with Gasteiger partial charge in [0.25, 0.3) is 0 Å². The van der Waals surface area contributed by atoms with Crippen molar-refractivity contribution < 1.29 is 24.2 Å². The molecule has 4 rings (SSSR count). The Morgan fingerprint density at radius 2 is 1.61 bits per heavy atom. The first-order chi connectivity index (χ1) is 15.8. The third-order valence-corrected chi connectivity index (χ3v) is 6.69. The van der Waals surface area contributed by atoms with Crippen molar-refractivity contribution in [2.45, 2.75) is 51.1 Å². The summed E-state index contributed by atoms with van der Waals surface area (Å²) in [4.78, 5) is 36.6. The molecule has 2 aromatic carbocycles. The number of alkyl carbamates (subject to hydrolysis) is 1. The average Bonchev–Trinajstić information content (AvgIpc) is 3.39. The molecule has 1 fully saturated rings. The van der Waals surface area contributed by atoms with Crippen LogP contribution in [-0.2, 0) is 14.3 Å². The molecule has 0 spiro atoms. The van der Waals surface area contributed by atoms with Gasteiger partial charge in [0, 0.05) is 12.0 Å². The number of rotatable bonds is 7. The Balaban J connectivity index is 1.36. The van der Waals surface area contributed by atoms with Crippen LogP contribution in [0.15, 0.2) is 48.5 Å². The van der Waals surface area contributed by atoms with Crippen molar-refractivity contribution in [3.05, 3.63) is 59.7 Å². The number of hydrogen-bond donors (Lipinski definition) is 3. The van der Waals surface area contributed by atoms with Gasteiger partial charge in [-0.2, -0.15) is 0 Å². The second kappa shape index (κ2) is 9.65. The molecule has 0 aromatic heterocycles. The smallest absolute Gasteiger partial charge is 0.407 e. The quantitative estimate of drug-likeness (QED) is 0.593. The summed E-state index contributed by atoms with van der Waals surface area (Å²) in [7, 11) is 0. The maximum absolute atomic E-state index is 12.8.